The van der Waals surface area contributed by atoms with E-state index in [1.165, 1.54) is 12.8 Å². The molecule has 0 saturated carbocycles. The lowest BCUT2D eigenvalue weighted by atomic mass is 10.0. The van der Waals surface area contributed by atoms with Gasteiger partial charge in [0, 0.05) is 12.6 Å². The van der Waals surface area contributed by atoms with Gasteiger partial charge in [0.25, 0.3) is 0 Å². The third-order valence-electron chi connectivity index (χ3n) is 3.70. The van der Waals surface area contributed by atoms with E-state index in [1.807, 2.05) is 6.92 Å². The fourth-order valence-corrected chi connectivity index (χ4v) is 2.45. The number of likely N-dealkylation sites (tertiary alicyclic amines) is 1. The summed E-state index contributed by atoms with van der Waals surface area (Å²) >= 11 is 0. The van der Waals surface area contributed by atoms with Crippen molar-refractivity contribution < 1.29 is 10.0 Å². The molecular weight excluding hydrogens is 244 g/mol. The van der Waals surface area contributed by atoms with Gasteiger partial charge in [-0.15, -0.1) is 0 Å². The number of amides is 1. The Hall–Kier alpha value is -1.30. The van der Waals surface area contributed by atoms with E-state index in [-0.39, 0.29) is 11.7 Å². The predicted molar refractivity (Wildman–Crippen MR) is 75.1 cm³/mol. The van der Waals surface area contributed by atoms with E-state index in [4.69, 9.17) is 10.9 Å². The van der Waals surface area contributed by atoms with Crippen molar-refractivity contribution in [1.82, 2.24) is 10.2 Å². The summed E-state index contributed by atoms with van der Waals surface area (Å²) in [6.45, 7) is 6.91. The van der Waals surface area contributed by atoms with Crippen LogP contribution in [0.2, 0.25) is 0 Å². The number of carbonyl (C=O) groups is 1. The first-order valence-electron chi connectivity index (χ1n) is 7.09. The van der Waals surface area contributed by atoms with E-state index < -0.39 is 5.92 Å². The number of nitrogens with zero attached hydrogens (tertiary/aromatic N) is 2. The molecule has 0 bridgehead atoms. The van der Waals surface area contributed by atoms with Crippen LogP contribution in [0.1, 0.15) is 39.5 Å². The van der Waals surface area contributed by atoms with Gasteiger partial charge in [-0.1, -0.05) is 18.5 Å². The van der Waals surface area contributed by atoms with Gasteiger partial charge < -0.3 is 16.3 Å². The number of nitrogens with two attached hydrogens (primary N) is 1. The van der Waals surface area contributed by atoms with Gasteiger partial charge in [-0.05, 0) is 39.3 Å². The van der Waals surface area contributed by atoms with Crippen molar-refractivity contribution in [3.63, 3.8) is 0 Å². The van der Waals surface area contributed by atoms with Gasteiger partial charge in [0.1, 0.15) is 0 Å². The normalized spacial score (nSPS) is 20.2. The molecule has 0 aromatic carbocycles. The minimum absolute atomic E-state index is 0.00632. The minimum atomic E-state index is -0.527. The van der Waals surface area contributed by atoms with Crippen LogP contribution in [0.3, 0.4) is 0 Å². The van der Waals surface area contributed by atoms with Crippen molar-refractivity contribution in [2.45, 2.75) is 45.6 Å². The van der Waals surface area contributed by atoms with Crippen LogP contribution in [0, 0.1) is 5.92 Å². The maximum atomic E-state index is 12.1. The summed E-state index contributed by atoms with van der Waals surface area (Å²) < 4.78 is 0. The summed E-state index contributed by atoms with van der Waals surface area (Å²) in [6.07, 6.45) is 3.89. The second-order valence-electron chi connectivity index (χ2n) is 5.20. The summed E-state index contributed by atoms with van der Waals surface area (Å²) in [5.41, 5.74) is 5.56. The van der Waals surface area contributed by atoms with E-state index in [2.05, 4.69) is 22.3 Å². The summed E-state index contributed by atoms with van der Waals surface area (Å²) in [7, 11) is 0. The second kappa shape index (κ2) is 7.99. The molecule has 1 aliphatic rings. The first-order chi connectivity index (χ1) is 9.10. The van der Waals surface area contributed by atoms with Crippen molar-refractivity contribution in [3.05, 3.63) is 0 Å². The lowest BCUT2D eigenvalue weighted by Gasteiger charge is -2.24. The minimum Gasteiger partial charge on any atom is -0.409 e. The number of rotatable bonds is 7. The number of amidine groups is 1. The van der Waals surface area contributed by atoms with Crippen LogP contribution < -0.4 is 11.1 Å². The summed E-state index contributed by atoms with van der Waals surface area (Å²) in [4.78, 5) is 14.4. The third kappa shape index (κ3) is 4.70. The fraction of sp³-hybridized carbons (Fsp3) is 0.846. The predicted octanol–water partition coefficient (Wildman–Crippen LogP) is 0.750. The molecule has 1 amide bonds. The van der Waals surface area contributed by atoms with Crippen LogP contribution in [0.15, 0.2) is 5.16 Å². The molecule has 2 unspecified atom stereocenters. The standard InChI is InChI=1S/C13H26N4O2/c1-3-6-11(12(14)16-19)13(18)15-9-10(2)17-7-4-5-8-17/h10-11,19H,3-9H2,1-2H3,(H2,14,16)(H,15,18). The summed E-state index contributed by atoms with van der Waals surface area (Å²) in [5, 5.41) is 14.6. The zero-order valence-corrected chi connectivity index (χ0v) is 11.9. The molecule has 110 valence electrons. The molecule has 0 aliphatic carbocycles. The van der Waals surface area contributed by atoms with Gasteiger partial charge >= 0.3 is 0 Å². The Morgan fingerprint density at radius 1 is 1.47 bits per heavy atom. The molecule has 0 aromatic rings. The van der Waals surface area contributed by atoms with E-state index >= 15 is 0 Å². The first kappa shape index (κ1) is 15.8. The Labute approximate surface area is 115 Å². The van der Waals surface area contributed by atoms with Crippen molar-refractivity contribution in [2.24, 2.45) is 16.8 Å². The molecule has 0 radical (unpaired) electrons. The highest BCUT2D eigenvalue weighted by atomic mass is 16.4. The quantitative estimate of drug-likeness (QED) is 0.275. The molecule has 1 fully saturated rings. The average molecular weight is 270 g/mol. The molecule has 0 spiro atoms. The van der Waals surface area contributed by atoms with Gasteiger partial charge in [-0.2, -0.15) is 0 Å². The number of nitrogens with one attached hydrogen (secondary N) is 1. The van der Waals surface area contributed by atoms with Crippen LogP contribution >= 0.6 is 0 Å². The average Bonchev–Trinajstić information content (AvgIpc) is 2.95. The number of hydrogen-bond acceptors (Lipinski definition) is 4. The van der Waals surface area contributed by atoms with Crippen molar-refractivity contribution >= 4 is 11.7 Å². The smallest absolute Gasteiger partial charge is 0.230 e. The van der Waals surface area contributed by atoms with Crippen LogP contribution in [-0.2, 0) is 4.79 Å². The highest BCUT2D eigenvalue weighted by Gasteiger charge is 2.24. The van der Waals surface area contributed by atoms with Crippen molar-refractivity contribution in [2.75, 3.05) is 19.6 Å². The maximum absolute atomic E-state index is 12.1. The van der Waals surface area contributed by atoms with E-state index in [9.17, 15) is 4.79 Å². The fourth-order valence-electron chi connectivity index (χ4n) is 2.45. The van der Waals surface area contributed by atoms with Crippen LogP contribution in [0.4, 0.5) is 0 Å². The molecule has 4 N–H and O–H groups in total. The Kier molecular flexibility index (Phi) is 6.62. The van der Waals surface area contributed by atoms with Gasteiger partial charge in [-0.3, -0.25) is 9.69 Å². The molecule has 0 aromatic heterocycles. The summed E-state index contributed by atoms with van der Waals surface area (Å²) in [6, 6.07) is 0.334. The van der Waals surface area contributed by atoms with Crippen LogP contribution in [-0.4, -0.2) is 47.5 Å². The van der Waals surface area contributed by atoms with Gasteiger partial charge in [0.15, 0.2) is 5.84 Å². The van der Waals surface area contributed by atoms with E-state index in [0.717, 1.165) is 19.5 Å². The van der Waals surface area contributed by atoms with Crippen LogP contribution in [0.25, 0.3) is 0 Å². The molecule has 6 nitrogen and oxygen atoms in total. The van der Waals surface area contributed by atoms with Gasteiger partial charge in [-0.25, -0.2) is 0 Å². The largest absolute Gasteiger partial charge is 0.409 e. The molecule has 19 heavy (non-hydrogen) atoms. The summed E-state index contributed by atoms with van der Waals surface area (Å²) in [5.74, 6) is -0.683. The van der Waals surface area contributed by atoms with Crippen molar-refractivity contribution in [3.8, 4) is 0 Å². The monoisotopic (exact) mass is 270 g/mol. The lowest BCUT2D eigenvalue weighted by molar-refractivity contribution is -0.123. The van der Waals surface area contributed by atoms with E-state index in [0.29, 0.717) is 19.0 Å². The molecule has 1 heterocycles. The Bertz CT molecular complexity index is 314. The van der Waals surface area contributed by atoms with Crippen molar-refractivity contribution in [1.29, 1.82) is 0 Å². The molecule has 1 aliphatic heterocycles. The topological polar surface area (TPSA) is 91.0 Å². The highest BCUT2D eigenvalue weighted by Crippen LogP contribution is 2.11. The van der Waals surface area contributed by atoms with Gasteiger partial charge in [0.2, 0.25) is 5.91 Å². The zero-order valence-electron chi connectivity index (χ0n) is 11.9. The second-order valence-corrected chi connectivity index (χ2v) is 5.20. The van der Waals surface area contributed by atoms with Gasteiger partial charge in [0.05, 0.1) is 5.92 Å². The van der Waals surface area contributed by atoms with Crippen LogP contribution in [0.5, 0.6) is 0 Å². The Morgan fingerprint density at radius 3 is 2.63 bits per heavy atom. The number of hydrogen-bond donors (Lipinski definition) is 3. The lowest BCUT2D eigenvalue weighted by Crippen LogP contribution is -2.45. The number of oxime groups is 1. The molecule has 2 atom stereocenters. The SMILES string of the molecule is CCCC(C(=O)NCC(C)N1CCCC1)C(N)=NO. The maximum Gasteiger partial charge on any atom is 0.230 e. The highest BCUT2D eigenvalue weighted by molar-refractivity contribution is 6.02. The molecule has 1 saturated heterocycles. The Balaban J connectivity index is 2.43. The Morgan fingerprint density at radius 2 is 2.11 bits per heavy atom. The number of carbonyl (C=O) groups excluding carboxylic acids is 1. The zero-order chi connectivity index (χ0) is 14.3. The molecule has 6 heteroatoms. The first-order valence-corrected chi connectivity index (χ1v) is 7.09. The molecule has 1 rings (SSSR count). The molecular formula is C13H26N4O2. The van der Waals surface area contributed by atoms with E-state index in [1.54, 1.807) is 0 Å². The third-order valence-corrected chi connectivity index (χ3v) is 3.70.